The second-order valence-corrected chi connectivity index (χ2v) is 6.30. The Labute approximate surface area is 117 Å². The molecule has 0 amide bonds. The molecule has 2 fully saturated rings. The Hall–Kier alpha value is -0.860. The van der Waals surface area contributed by atoms with Gasteiger partial charge in [0.2, 0.25) is 0 Å². The molecule has 2 heteroatoms. The molecule has 2 heterocycles. The maximum absolute atomic E-state index is 3.52. The summed E-state index contributed by atoms with van der Waals surface area (Å²) < 4.78 is 0. The largest absolute Gasteiger partial charge is 0.316 e. The minimum absolute atomic E-state index is 0.571. The molecule has 0 aliphatic carbocycles. The zero-order valence-corrected chi connectivity index (χ0v) is 12.2. The van der Waals surface area contributed by atoms with Gasteiger partial charge in [-0.25, -0.2) is 0 Å². The fraction of sp³-hybridized carbons (Fsp3) is 0.647. The first-order valence-electron chi connectivity index (χ1n) is 7.81. The van der Waals surface area contributed by atoms with Crippen LogP contribution in [0.5, 0.6) is 0 Å². The van der Waals surface area contributed by atoms with Crippen LogP contribution in [0.2, 0.25) is 0 Å². The molecule has 1 N–H and O–H groups in total. The van der Waals surface area contributed by atoms with Gasteiger partial charge in [0, 0.05) is 19.1 Å². The summed E-state index contributed by atoms with van der Waals surface area (Å²) in [5, 5.41) is 3.52. The standard InChI is InChI=1S/C17H26N2/c1-3-4-14-5-7-15(8-6-14)13(2)19-11-16-9-18-10-17(16)12-19/h5-8,13,16-18H,3-4,9-12H2,1-2H3/t13?,16-,17+. The minimum atomic E-state index is 0.571. The molecule has 19 heavy (non-hydrogen) atoms. The summed E-state index contributed by atoms with van der Waals surface area (Å²) >= 11 is 0. The zero-order chi connectivity index (χ0) is 13.2. The van der Waals surface area contributed by atoms with Crippen molar-refractivity contribution < 1.29 is 0 Å². The van der Waals surface area contributed by atoms with Gasteiger partial charge >= 0.3 is 0 Å². The Morgan fingerprint density at radius 2 is 1.79 bits per heavy atom. The van der Waals surface area contributed by atoms with Gasteiger partial charge in [-0.15, -0.1) is 0 Å². The molecule has 3 atom stereocenters. The lowest BCUT2D eigenvalue weighted by atomic mass is 10.0. The normalized spacial score (nSPS) is 28.5. The highest BCUT2D eigenvalue weighted by Crippen LogP contribution is 2.32. The van der Waals surface area contributed by atoms with E-state index < -0.39 is 0 Å². The van der Waals surface area contributed by atoms with Gasteiger partial charge in [0.25, 0.3) is 0 Å². The molecule has 2 aliphatic rings. The van der Waals surface area contributed by atoms with Crippen LogP contribution in [0.25, 0.3) is 0 Å². The van der Waals surface area contributed by atoms with Crippen LogP contribution in [0.15, 0.2) is 24.3 Å². The Morgan fingerprint density at radius 3 is 2.37 bits per heavy atom. The summed E-state index contributed by atoms with van der Waals surface area (Å²) in [5.41, 5.74) is 2.95. The van der Waals surface area contributed by atoms with Crippen molar-refractivity contribution in [3.8, 4) is 0 Å². The van der Waals surface area contributed by atoms with Crippen molar-refractivity contribution in [2.45, 2.75) is 32.7 Å². The third-order valence-corrected chi connectivity index (χ3v) is 4.97. The van der Waals surface area contributed by atoms with Gasteiger partial charge in [-0.05, 0) is 49.4 Å². The first kappa shape index (κ1) is 13.1. The van der Waals surface area contributed by atoms with E-state index in [0.717, 1.165) is 11.8 Å². The van der Waals surface area contributed by atoms with E-state index in [0.29, 0.717) is 6.04 Å². The summed E-state index contributed by atoms with van der Waals surface area (Å²) in [6, 6.07) is 9.87. The molecule has 0 spiro atoms. The fourth-order valence-corrected chi connectivity index (χ4v) is 3.67. The lowest BCUT2D eigenvalue weighted by molar-refractivity contribution is 0.244. The third-order valence-electron chi connectivity index (χ3n) is 4.97. The van der Waals surface area contributed by atoms with Crippen LogP contribution in [0.3, 0.4) is 0 Å². The number of hydrogen-bond acceptors (Lipinski definition) is 2. The Bertz CT molecular complexity index is 400. The molecular weight excluding hydrogens is 232 g/mol. The van der Waals surface area contributed by atoms with Gasteiger partial charge in [-0.2, -0.15) is 0 Å². The molecule has 1 unspecified atom stereocenters. The van der Waals surface area contributed by atoms with E-state index in [1.54, 1.807) is 0 Å². The Balaban J connectivity index is 1.65. The highest BCUT2D eigenvalue weighted by molar-refractivity contribution is 5.25. The SMILES string of the molecule is CCCc1ccc(C(C)N2C[C@H]3CNC[C@H]3C2)cc1. The van der Waals surface area contributed by atoms with E-state index in [1.807, 2.05) is 0 Å². The van der Waals surface area contributed by atoms with E-state index in [4.69, 9.17) is 0 Å². The van der Waals surface area contributed by atoms with E-state index in [-0.39, 0.29) is 0 Å². The van der Waals surface area contributed by atoms with Gasteiger partial charge in [0.15, 0.2) is 0 Å². The maximum atomic E-state index is 3.52. The summed E-state index contributed by atoms with van der Waals surface area (Å²) in [4.78, 5) is 2.67. The van der Waals surface area contributed by atoms with Gasteiger partial charge in [0.1, 0.15) is 0 Å². The van der Waals surface area contributed by atoms with Crippen molar-refractivity contribution in [3.63, 3.8) is 0 Å². The van der Waals surface area contributed by atoms with Crippen molar-refractivity contribution in [2.75, 3.05) is 26.2 Å². The van der Waals surface area contributed by atoms with Crippen molar-refractivity contribution in [3.05, 3.63) is 35.4 Å². The highest BCUT2D eigenvalue weighted by Gasteiger charge is 2.37. The summed E-state index contributed by atoms with van der Waals surface area (Å²) in [7, 11) is 0. The summed E-state index contributed by atoms with van der Waals surface area (Å²) in [6.45, 7) is 9.61. The van der Waals surface area contributed by atoms with Crippen molar-refractivity contribution >= 4 is 0 Å². The lowest BCUT2D eigenvalue weighted by Gasteiger charge is -2.25. The number of nitrogens with one attached hydrogen (secondary N) is 1. The first-order valence-corrected chi connectivity index (χ1v) is 7.81. The molecule has 2 nitrogen and oxygen atoms in total. The molecule has 2 aliphatic heterocycles. The second kappa shape index (κ2) is 5.64. The van der Waals surface area contributed by atoms with Crippen LogP contribution in [0.4, 0.5) is 0 Å². The number of rotatable bonds is 4. The first-order chi connectivity index (χ1) is 9.28. The summed E-state index contributed by atoms with van der Waals surface area (Å²) in [6.07, 6.45) is 2.44. The molecule has 104 valence electrons. The van der Waals surface area contributed by atoms with E-state index in [1.165, 1.54) is 50.1 Å². The molecule has 1 aromatic rings. The van der Waals surface area contributed by atoms with Crippen LogP contribution in [-0.2, 0) is 6.42 Å². The van der Waals surface area contributed by atoms with Crippen LogP contribution in [0, 0.1) is 11.8 Å². The molecule has 0 radical (unpaired) electrons. The van der Waals surface area contributed by atoms with E-state index in [9.17, 15) is 0 Å². The van der Waals surface area contributed by atoms with Gasteiger partial charge < -0.3 is 5.32 Å². The van der Waals surface area contributed by atoms with Crippen molar-refractivity contribution in [1.29, 1.82) is 0 Å². The average molecular weight is 258 g/mol. The number of benzene rings is 1. The van der Waals surface area contributed by atoms with E-state index in [2.05, 4.69) is 48.3 Å². The topological polar surface area (TPSA) is 15.3 Å². The predicted molar refractivity (Wildman–Crippen MR) is 80.3 cm³/mol. The quantitative estimate of drug-likeness (QED) is 0.893. The monoisotopic (exact) mass is 258 g/mol. The molecule has 0 saturated carbocycles. The van der Waals surface area contributed by atoms with Crippen LogP contribution in [0.1, 0.15) is 37.4 Å². The zero-order valence-electron chi connectivity index (χ0n) is 12.2. The minimum Gasteiger partial charge on any atom is -0.316 e. The molecular formula is C17H26N2. The molecule has 3 rings (SSSR count). The number of likely N-dealkylation sites (tertiary alicyclic amines) is 1. The molecule has 0 aromatic heterocycles. The smallest absolute Gasteiger partial charge is 0.0320 e. The molecule has 0 bridgehead atoms. The Morgan fingerprint density at radius 1 is 1.16 bits per heavy atom. The number of nitrogens with zero attached hydrogens (tertiary/aromatic N) is 1. The van der Waals surface area contributed by atoms with Gasteiger partial charge in [-0.3, -0.25) is 4.90 Å². The third kappa shape index (κ3) is 2.70. The average Bonchev–Trinajstić information content (AvgIpc) is 3.00. The molecule has 2 saturated heterocycles. The van der Waals surface area contributed by atoms with E-state index >= 15 is 0 Å². The Kier molecular flexibility index (Phi) is 3.90. The van der Waals surface area contributed by atoms with Crippen molar-refractivity contribution in [1.82, 2.24) is 10.2 Å². The fourth-order valence-electron chi connectivity index (χ4n) is 3.67. The van der Waals surface area contributed by atoms with Crippen LogP contribution in [-0.4, -0.2) is 31.1 Å². The lowest BCUT2D eigenvalue weighted by Crippen LogP contribution is -2.28. The van der Waals surface area contributed by atoms with Gasteiger partial charge in [-0.1, -0.05) is 37.6 Å². The number of hydrogen-bond donors (Lipinski definition) is 1. The second-order valence-electron chi connectivity index (χ2n) is 6.30. The highest BCUT2D eigenvalue weighted by atomic mass is 15.2. The molecule has 1 aromatic carbocycles. The van der Waals surface area contributed by atoms with Crippen LogP contribution >= 0.6 is 0 Å². The predicted octanol–water partition coefficient (Wildman–Crippen LogP) is 2.85. The number of aryl methyl sites for hydroxylation is 1. The maximum Gasteiger partial charge on any atom is 0.0320 e. The number of fused-ring (bicyclic) bond motifs is 1. The van der Waals surface area contributed by atoms with Crippen LogP contribution < -0.4 is 5.32 Å². The van der Waals surface area contributed by atoms with Crippen molar-refractivity contribution in [2.24, 2.45) is 11.8 Å². The van der Waals surface area contributed by atoms with Gasteiger partial charge in [0.05, 0.1) is 0 Å². The summed E-state index contributed by atoms with van der Waals surface area (Å²) in [5.74, 6) is 1.78.